The lowest BCUT2D eigenvalue weighted by atomic mass is 9.95. The number of fused-ring (bicyclic) bond motifs is 3. The molecule has 1 unspecified atom stereocenters. The first-order chi connectivity index (χ1) is 17.5. The van der Waals surface area contributed by atoms with E-state index >= 15 is 0 Å². The van der Waals surface area contributed by atoms with Crippen LogP contribution in [0.5, 0.6) is 0 Å². The highest BCUT2D eigenvalue weighted by atomic mass is 32.3. The molecule has 4 rings (SSSR count). The summed E-state index contributed by atoms with van der Waals surface area (Å²) in [4.78, 5) is 10.3. The van der Waals surface area contributed by atoms with E-state index in [0.29, 0.717) is 0 Å². The lowest BCUT2D eigenvalue weighted by molar-refractivity contribution is 0.445. The Morgan fingerprint density at radius 2 is 1.24 bits per heavy atom. The Bertz CT molecular complexity index is 945. The van der Waals surface area contributed by atoms with Gasteiger partial charge in [0.1, 0.15) is 0 Å². The highest BCUT2D eigenvalue weighted by Gasteiger charge is 2.49. The maximum absolute atomic E-state index is 2.75. The maximum Gasteiger partial charge on any atom is 0.0580 e. The van der Waals surface area contributed by atoms with Gasteiger partial charge in [0.25, 0.3) is 0 Å². The van der Waals surface area contributed by atoms with Crippen LogP contribution in [0.4, 0.5) is 0 Å². The van der Waals surface area contributed by atoms with Gasteiger partial charge in [-0.05, 0) is 65.6 Å². The van der Waals surface area contributed by atoms with Gasteiger partial charge in [0.15, 0.2) is 0 Å². The molecule has 3 heteroatoms. The fraction of sp³-hybridized carbons (Fsp3) is 0.765. The topological polar surface area (TPSA) is 0 Å². The minimum absolute atomic E-state index is 0.235. The van der Waals surface area contributed by atoms with Crippen LogP contribution >= 0.6 is 32.7 Å². The number of hydrogen-bond acceptors (Lipinski definition) is 2. The van der Waals surface area contributed by atoms with Gasteiger partial charge >= 0.3 is 0 Å². The Kier molecular flexibility index (Phi) is 9.72. The first kappa shape index (κ1) is 29.7. The van der Waals surface area contributed by atoms with Crippen molar-refractivity contribution in [3.05, 3.63) is 21.9 Å². The fourth-order valence-corrected chi connectivity index (χ4v) is 15.8. The molecule has 0 saturated heterocycles. The molecular formula is C34H56S3. The van der Waals surface area contributed by atoms with Gasteiger partial charge in [-0.25, -0.2) is 0 Å². The van der Waals surface area contributed by atoms with Crippen molar-refractivity contribution in [2.75, 3.05) is 5.75 Å². The molecule has 2 aromatic rings. The second-order valence-electron chi connectivity index (χ2n) is 14.2. The van der Waals surface area contributed by atoms with Crippen molar-refractivity contribution in [3.8, 4) is 9.75 Å². The van der Waals surface area contributed by atoms with Crippen LogP contribution in [0.2, 0.25) is 0 Å². The third-order valence-electron chi connectivity index (χ3n) is 8.92. The van der Waals surface area contributed by atoms with Crippen molar-refractivity contribution in [3.63, 3.8) is 0 Å². The summed E-state index contributed by atoms with van der Waals surface area (Å²) in [5.74, 6) is 2.37. The van der Waals surface area contributed by atoms with Crippen LogP contribution in [0.1, 0.15) is 149 Å². The summed E-state index contributed by atoms with van der Waals surface area (Å²) in [7, 11) is -1.01. The van der Waals surface area contributed by atoms with Crippen molar-refractivity contribution < 1.29 is 0 Å². The summed E-state index contributed by atoms with van der Waals surface area (Å²) in [6.07, 6.45) is 18.6. The van der Waals surface area contributed by atoms with Crippen LogP contribution in [0, 0.1) is 5.92 Å². The molecule has 3 heterocycles. The Hall–Kier alpha value is -0.250. The first-order valence-corrected chi connectivity index (χ1v) is 19.1. The van der Waals surface area contributed by atoms with Gasteiger partial charge in [-0.1, -0.05) is 113 Å². The van der Waals surface area contributed by atoms with E-state index in [-0.39, 0.29) is 10.8 Å². The number of unbranched alkanes of at least 4 members (excludes halogenated alkanes) is 4. The van der Waals surface area contributed by atoms with Crippen molar-refractivity contribution in [1.29, 1.82) is 0 Å². The minimum atomic E-state index is -1.01. The average molecular weight is 561 g/mol. The monoisotopic (exact) mass is 560 g/mol. The van der Waals surface area contributed by atoms with Gasteiger partial charge in [0.05, 0.1) is 9.75 Å². The molecule has 1 aliphatic carbocycles. The molecule has 0 aromatic carbocycles. The van der Waals surface area contributed by atoms with Crippen LogP contribution in [-0.4, -0.2) is 11.0 Å². The second-order valence-corrected chi connectivity index (χ2v) is 19.8. The van der Waals surface area contributed by atoms with Crippen LogP contribution in [0.3, 0.4) is 0 Å². The molecule has 1 saturated carbocycles. The third-order valence-corrected chi connectivity index (χ3v) is 17.3. The van der Waals surface area contributed by atoms with Gasteiger partial charge in [-0.2, -0.15) is 10.0 Å². The normalized spacial score (nSPS) is 19.6. The number of hydrogen-bond donors (Lipinski definition) is 0. The molecule has 2 aromatic heterocycles. The van der Waals surface area contributed by atoms with Crippen molar-refractivity contribution in [1.82, 2.24) is 0 Å². The van der Waals surface area contributed by atoms with E-state index in [0.717, 1.165) is 11.2 Å². The third kappa shape index (κ3) is 6.25. The zero-order chi connectivity index (χ0) is 26.8. The van der Waals surface area contributed by atoms with Crippen LogP contribution < -0.4 is 0 Å². The Balaban J connectivity index is 1.86. The Labute approximate surface area is 239 Å². The maximum atomic E-state index is 2.75. The van der Waals surface area contributed by atoms with E-state index < -0.39 is 10.0 Å². The molecule has 210 valence electrons. The molecule has 37 heavy (non-hydrogen) atoms. The van der Waals surface area contributed by atoms with Crippen molar-refractivity contribution in [2.24, 2.45) is 5.92 Å². The summed E-state index contributed by atoms with van der Waals surface area (Å²) >= 11 is 4.33. The zero-order valence-electron chi connectivity index (χ0n) is 25.4. The van der Waals surface area contributed by atoms with Crippen LogP contribution in [-0.2, 0) is 10.8 Å². The summed E-state index contributed by atoms with van der Waals surface area (Å²) < 4.78 is 0. The molecule has 0 spiro atoms. The molecule has 0 radical (unpaired) electrons. The molecule has 0 bridgehead atoms. The summed E-state index contributed by atoms with van der Waals surface area (Å²) in [6.45, 7) is 19.3. The standard InChI is InChI=1S/C34H56S3/c1-9-11-13-15-19-25(18-12-10-2)24-37(26-20-16-14-17-21-26)27-22-29(33(3,4)5)35-31(27)32-28(37)23-30(36-32)34(6,7)8/h22-23,25-26H,9-21,24H2,1-8H3. The van der Waals surface area contributed by atoms with Crippen molar-refractivity contribution >= 4 is 32.7 Å². The smallest absolute Gasteiger partial charge is 0.0580 e. The fourth-order valence-electron chi connectivity index (χ4n) is 6.64. The number of thiophene rings is 2. The second kappa shape index (κ2) is 12.1. The van der Waals surface area contributed by atoms with Gasteiger partial charge in [0, 0.05) is 19.5 Å². The van der Waals surface area contributed by atoms with Gasteiger partial charge in [0.2, 0.25) is 0 Å². The lowest BCUT2D eigenvalue weighted by Gasteiger charge is -2.48. The largest absolute Gasteiger partial charge is 0.182 e. The molecular weight excluding hydrogens is 505 g/mol. The predicted molar refractivity (Wildman–Crippen MR) is 173 cm³/mol. The van der Waals surface area contributed by atoms with Crippen LogP contribution in [0.15, 0.2) is 21.9 Å². The summed E-state index contributed by atoms with van der Waals surface area (Å²) in [5.41, 5.74) is 0.470. The SMILES string of the molecule is CCCCCCC(CCCC)CS1(C2CCCCC2)c2cc(C(C)(C)C)sc2-c2sc(C(C)(C)C)cc21. The van der Waals surface area contributed by atoms with Crippen molar-refractivity contribution in [2.45, 2.75) is 165 Å². The first-order valence-electron chi connectivity index (χ1n) is 15.6. The Morgan fingerprint density at radius 1 is 0.730 bits per heavy atom. The average Bonchev–Trinajstić information content (AvgIpc) is 3.53. The molecule has 0 amide bonds. The van der Waals surface area contributed by atoms with E-state index in [2.05, 4.69) is 90.2 Å². The summed E-state index contributed by atoms with van der Waals surface area (Å²) in [5, 5.41) is 0.894. The van der Waals surface area contributed by atoms with E-state index in [1.165, 1.54) is 89.2 Å². The molecule has 2 aliphatic rings. The molecule has 0 N–H and O–H groups in total. The lowest BCUT2D eigenvalue weighted by Crippen LogP contribution is -2.27. The van der Waals surface area contributed by atoms with E-state index in [9.17, 15) is 0 Å². The highest BCUT2D eigenvalue weighted by molar-refractivity contribution is 8.34. The van der Waals surface area contributed by atoms with E-state index in [1.807, 2.05) is 9.79 Å². The highest BCUT2D eigenvalue weighted by Crippen LogP contribution is 2.79. The molecule has 1 fully saturated rings. The minimum Gasteiger partial charge on any atom is -0.182 e. The molecule has 1 aliphatic heterocycles. The van der Waals surface area contributed by atoms with Crippen LogP contribution in [0.25, 0.3) is 9.75 Å². The van der Waals surface area contributed by atoms with Gasteiger partial charge < -0.3 is 0 Å². The molecule has 0 nitrogen and oxygen atoms in total. The van der Waals surface area contributed by atoms with Gasteiger partial charge in [-0.3, -0.25) is 0 Å². The van der Waals surface area contributed by atoms with Gasteiger partial charge in [-0.15, -0.1) is 22.7 Å². The zero-order valence-corrected chi connectivity index (χ0v) is 27.9. The quantitative estimate of drug-likeness (QED) is 0.240. The predicted octanol–water partition coefficient (Wildman–Crippen LogP) is 12.7. The molecule has 1 atom stereocenters. The number of rotatable bonds is 11. The van der Waals surface area contributed by atoms with E-state index in [1.54, 1.807) is 19.5 Å². The Morgan fingerprint density at radius 3 is 1.73 bits per heavy atom. The summed E-state index contributed by atoms with van der Waals surface area (Å²) in [6, 6.07) is 5.50. The van der Waals surface area contributed by atoms with E-state index in [4.69, 9.17) is 0 Å².